The number of ether oxygens (including phenoxy) is 1. The van der Waals surface area contributed by atoms with Crippen molar-refractivity contribution in [1.82, 2.24) is 9.97 Å². The molecule has 0 amide bonds. The van der Waals surface area contributed by atoms with E-state index in [0.29, 0.717) is 18.1 Å². The summed E-state index contributed by atoms with van der Waals surface area (Å²) < 4.78 is 5.90. The van der Waals surface area contributed by atoms with Crippen LogP contribution >= 0.6 is 11.3 Å². The normalized spacial score (nSPS) is 11.4. The molecule has 2 N–H and O–H groups in total. The maximum Gasteiger partial charge on any atom is 0.195 e. The van der Waals surface area contributed by atoms with Crippen LogP contribution in [0, 0.1) is 6.92 Å². The minimum absolute atomic E-state index is 0.0667. The van der Waals surface area contributed by atoms with E-state index >= 15 is 0 Å². The monoisotopic (exact) mass is 406 g/mol. The topological polar surface area (TPSA) is 100 Å². The van der Waals surface area contributed by atoms with E-state index in [1.807, 2.05) is 25.1 Å². The standard InChI is InChI=1S/C21H18N4O3S/c1-12-18-20(29-19(12)14-4-6-15(26)7-5-14)21(23-11-22-18)25-24-10-13-3-8-17(28-2)16(27)9-13/h3-9,11,26-27H,10H2,1-2H3. The number of aromatic nitrogens is 2. The smallest absolute Gasteiger partial charge is 0.195 e. The van der Waals surface area contributed by atoms with Crippen LogP contribution in [0.1, 0.15) is 11.1 Å². The van der Waals surface area contributed by atoms with Crippen molar-refractivity contribution in [2.45, 2.75) is 13.5 Å². The van der Waals surface area contributed by atoms with E-state index in [-0.39, 0.29) is 11.5 Å². The first-order valence-electron chi connectivity index (χ1n) is 8.83. The van der Waals surface area contributed by atoms with E-state index in [4.69, 9.17) is 4.74 Å². The number of methoxy groups -OCH3 is 1. The molecule has 7 nitrogen and oxygen atoms in total. The molecule has 4 rings (SSSR count). The summed E-state index contributed by atoms with van der Waals surface area (Å²) >= 11 is 1.55. The number of benzene rings is 2. The van der Waals surface area contributed by atoms with E-state index in [9.17, 15) is 10.2 Å². The molecular formula is C21H18N4O3S. The number of fused-ring (bicyclic) bond motifs is 1. The molecule has 0 unspecified atom stereocenters. The molecule has 0 aliphatic heterocycles. The van der Waals surface area contributed by atoms with E-state index in [0.717, 1.165) is 31.8 Å². The summed E-state index contributed by atoms with van der Waals surface area (Å²) in [4.78, 5) is 9.73. The highest BCUT2D eigenvalue weighted by Crippen LogP contribution is 2.40. The fourth-order valence-corrected chi connectivity index (χ4v) is 4.18. The lowest BCUT2D eigenvalue weighted by Gasteiger charge is -2.03. The molecule has 2 aromatic carbocycles. The first kappa shape index (κ1) is 18.8. The van der Waals surface area contributed by atoms with Gasteiger partial charge >= 0.3 is 0 Å². The number of phenolic OH excluding ortho intramolecular Hbond substituents is 2. The van der Waals surface area contributed by atoms with Gasteiger partial charge in [0.15, 0.2) is 17.3 Å². The third kappa shape index (κ3) is 3.74. The lowest BCUT2D eigenvalue weighted by molar-refractivity contribution is 0.373. The van der Waals surface area contributed by atoms with Crippen LogP contribution in [0.3, 0.4) is 0 Å². The van der Waals surface area contributed by atoms with Gasteiger partial charge in [-0.3, -0.25) is 0 Å². The molecule has 4 aromatic rings. The second-order valence-electron chi connectivity index (χ2n) is 6.38. The van der Waals surface area contributed by atoms with Crippen molar-refractivity contribution in [3.63, 3.8) is 0 Å². The predicted molar refractivity (Wildman–Crippen MR) is 112 cm³/mol. The highest BCUT2D eigenvalue weighted by atomic mass is 32.1. The molecule has 8 heteroatoms. The van der Waals surface area contributed by atoms with E-state index in [1.54, 1.807) is 35.6 Å². The molecule has 29 heavy (non-hydrogen) atoms. The van der Waals surface area contributed by atoms with Crippen LogP contribution in [-0.2, 0) is 6.54 Å². The van der Waals surface area contributed by atoms with Crippen molar-refractivity contribution in [3.05, 3.63) is 59.9 Å². The number of azo groups is 1. The molecule has 2 heterocycles. The third-order valence-corrected chi connectivity index (χ3v) is 5.80. The zero-order valence-corrected chi connectivity index (χ0v) is 16.6. The number of aromatic hydroxyl groups is 2. The molecule has 0 fully saturated rings. The Balaban J connectivity index is 1.64. The molecule has 0 saturated heterocycles. The van der Waals surface area contributed by atoms with Gasteiger partial charge in [0.25, 0.3) is 0 Å². The lowest BCUT2D eigenvalue weighted by Crippen LogP contribution is -1.86. The summed E-state index contributed by atoms with van der Waals surface area (Å²) in [6, 6.07) is 12.2. The minimum atomic E-state index is 0.0667. The summed E-state index contributed by atoms with van der Waals surface area (Å²) in [5.74, 6) is 1.22. The molecule has 2 aromatic heterocycles. The molecule has 0 aliphatic carbocycles. The zero-order valence-electron chi connectivity index (χ0n) is 15.8. The Labute approximate surface area is 171 Å². The zero-order chi connectivity index (χ0) is 20.4. The van der Waals surface area contributed by atoms with Crippen LogP contribution in [0.4, 0.5) is 5.82 Å². The van der Waals surface area contributed by atoms with Crippen molar-refractivity contribution < 1.29 is 14.9 Å². The van der Waals surface area contributed by atoms with Gasteiger partial charge in [-0.15, -0.1) is 16.5 Å². The molecule has 146 valence electrons. The number of aryl methyl sites for hydroxylation is 1. The largest absolute Gasteiger partial charge is 0.508 e. The maximum atomic E-state index is 9.88. The molecule has 0 atom stereocenters. The van der Waals surface area contributed by atoms with Gasteiger partial charge in [-0.05, 0) is 60.0 Å². The highest BCUT2D eigenvalue weighted by molar-refractivity contribution is 7.23. The summed E-state index contributed by atoms with van der Waals surface area (Å²) in [5, 5.41) is 27.9. The molecule has 0 bridgehead atoms. The van der Waals surface area contributed by atoms with E-state index in [2.05, 4.69) is 20.2 Å². The Morgan fingerprint density at radius 3 is 2.59 bits per heavy atom. The van der Waals surface area contributed by atoms with Crippen LogP contribution in [-0.4, -0.2) is 27.3 Å². The Kier molecular flexibility index (Phi) is 5.09. The fourth-order valence-electron chi connectivity index (χ4n) is 2.99. The summed E-state index contributed by atoms with van der Waals surface area (Å²) in [6.45, 7) is 2.31. The quantitative estimate of drug-likeness (QED) is 0.434. The van der Waals surface area contributed by atoms with Gasteiger partial charge in [-0.1, -0.05) is 6.07 Å². The molecule has 0 radical (unpaired) electrons. The van der Waals surface area contributed by atoms with Crippen molar-refractivity contribution in [3.8, 4) is 27.7 Å². The van der Waals surface area contributed by atoms with Gasteiger partial charge < -0.3 is 14.9 Å². The summed E-state index contributed by atoms with van der Waals surface area (Å²) in [6.07, 6.45) is 1.48. The highest BCUT2D eigenvalue weighted by Gasteiger charge is 2.15. The SMILES string of the molecule is COc1ccc(CN=Nc2ncnc3c(C)c(-c4ccc(O)cc4)sc23)cc1O. The lowest BCUT2D eigenvalue weighted by atomic mass is 10.1. The van der Waals surface area contributed by atoms with Crippen molar-refractivity contribution in [1.29, 1.82) is 0 Å². The van der Waals surface area contributed by atoms with Gasteiger partial charge in [-0.25, -0.2) is 9.97 Å². The molecule has 0 aliphatic rings. The van der Waals surface area contributed by atoms with Gasteiger partial charge in [0, 0.05) is 4.88 Å². The van der Waals surface area contributed by atoms with Crippen LogP contribution in [0.2, 0.25) is 0 Å². The van der Waals surface area contributed by atoms with Gasteiger partial charge in [-0.2, -0.15) is 5.11 Å². The van der Waals surface area contributed by atoms with Crippen LogP contribution in [0.5, 0.6) is 17.2 Å². The Hall–Kier alpha value is -3.52. The molecule has 0 spiro atoms. The van der Waals surface area contributed by atoms with Gasteiger partial charge in [0.1, 0.15) is 16.8 Å². The Morgan fingerprint density at radius 2 is 1.86 bits per heavy atom. The summed E-state index contributed by atoms with van der Waals surface area (Å²) in [7, 11) is 1.50. The van der Waals surface area contributed by atoms with Crippen molar-refractivity contribution in [2.75, 3.05) is 7.11 Å². The number of phenols is 2. The van der Waals surface area contributed by atoms with Crippen LogP contribution < -0.4 is 4.74 Å². The van der Waals surface area contributed by atoms with Gasteiger partial charge in [0.2, 0.25) is 0 Å². The van der Waals surface area contributed by atoms with E-state index < -0.39 is 0 Å². The first-order chi connectivity index (χ1) is 14.1. The van der Waals surface area contributed by atoms with Gasteiger partial charge in [0.05, 0.1) is 19.2 Å². The second-order valence-corrected chi connectivity index (χ2v) is 7.40. The number of thiophene rings is 1. The van der Waals surface area contributed by atoms with Crippen LogP contribution in [0.15, 0.2) is 59.0 Å². The van der Waals surface area contributed by atoms with Crippen molar-refractivity contribution >= 4 is 27.4 Å². The van der Waals surface area contributed by atoms with Crippen molar-refractivity contribution in [2.24, 2.45) is 10.2 Å². The number of hydrogen-bond donors (Lipinski definition) is 2. The Bertz CT molecular complexity index is 1200. The number of hydrogen-bond acceptors (Lipinski definition) is 8. The average Bonchev–Trinajstić information content (AvgIpc) is 3.06. The fraction of sp³-hybridized carbons (Fsp3) is 0.143. The minimum Gasteiger partial charge on any atom is -0.508 e. The van der Waals surface area contributed by atoms with Crippen LogP contribution in [0.25, 0.3) is 20.7 Å². The number of rotatable bonds is 5. The maximum absolute atomic E-state index is 9.88. The van der Waals surface area contributed by atoms with E-state index in [1.165, 1.54) is 13.4 Å². The molecular weight excluding hydrogens is 388 g/mol. The predicted octanol–water partition coefficient (Wildman–Crippen LogP) is 5.37. The Morgan fingerprint density at radius 1 is 1.07 bits per heavy atom. The third-order valence-electron chi connectivity index (χ3n) is 4.48. The molecule has 0 saturated carbocycles. The summed E-state index contributed by atoms with van der Waals surface area (Å²) in [5.41, 5.74) is 3.68. The number of nitrogens with zero attached hydrogens (tertiary/aromatic N) is 4. The second kappa shape index (κ2) is 7.84. The first-order valence-corrected chi connectivity index (χ1v) is 9.65. The average molecular weight is 406 g/mol.